The molecule has 1 saturated heterocycles. The molecular formula is C31H35FN2O3. The van der Waals surface area contributed by atoms with Crippen molar-refractivity contribution in [2.24, 2.45) is 11.8 Å². The average molecular weight is 503 g/mol. The second kappa shape index (κ2) is 10.5. The zero-order chi connectivity index (χ0) is 26.1. The SMILES string of the molecule is Cc1nc(C)c(-c2ccc(OCCc3ccc(F)cc3)cc2)c(N2CC3CC3C2)c1CC(=O)OC(C)C. The van der Waals surface area contributed by atoms with E-state index in [0.29, 0.717) is 13.0 Å². The predicted molar refractivity (Wildman–Crippen MR) is 143 cm³/mol. The lowest BCUT2D eigenvalue weighted by atomic mass is 9.95. The first-order valence-corrected chi connectivity index (χ1v) is 13.2. The largest absolute Gasteiger partial charge is 0.493 e. The van der Waals surface area contributed by atoms with E-state index < -0.39 is 0 Å². The molecule has 0 amide bonds. The monoisotopic (exact) mass is 502 g/mol. The lowest BCUT2D eigenvalue weighted by Crippen LogP contribution is -2.26. The quantitative estimate of drug-likeness (QED) is 0.332. The second-order valence-electron chi connectivity index (χ2n) is 10.6. The summed E-state index contributed by atoms with van der Waals surface area (Å²) in [7, 11) is 0. The molecule has 1 aliphatic heterocycles. The Balaban J connectivity index is 1.40. The zero-order valence-electron chi connectivity index (χ0n) is 22.1. The van der Waals surface area contributed by atoms with E-state index in [0.717, 1.165) is 70.0 Å². The Bertz CT molecular complexity index is 1260. The van der Waals surface area contributed by atoms with E-state index in [4.69, 9.17) is 14.5 Å². The number of pyridine rings is 1. The Kier molecular flexibility index (Phi) is 7.18. The number of hydrogen-bond donors (Lipinski definition) is 0. The van der Waals surface area contributed by atoms with Crippen LogP contribution >= 0.6 is 0 Å². The van der Waals surface area contributed by atoms with Crippen LogP contribution < -0.4 is 9.64 Å². The number of fused-ring (bicyclic) bond motifs is 1. The third-order valence-electron chi connectivity index (χ3n) is 7.36. The fourth-order valence-corrected chi connectivity index (χ4v) is 5.46. The van der Waals surface area contributed by atoms with E-state index in [9.17, 15) is 9.18 Å². The van der Waals surface area contributed by atoms with Crippen LogP contribution in [0.3, 0.4) is 0 Å². The fraction of sp³-hybridized carbons (Fsp3) is 0.419. The Morgan fingerprint density at radius 3 is 2.35 bits per heavy atom. The maximum absolute atomic E-state index is 13.1. The van der Waals surface area contributed by atoms with Crippen molar-refractivity contribution < 1.29 is 18.7 Å². The van der Waals surface area contributed by atoms with Crippen LogP contribution in [0.4, 0.5) is 10.1 Å². The molecule has 0 radical (unpaired) electrons. The number of esters is 1. The number of carbonyl (C=O) groups is 1. The van der Waals surface area contributed by atoms with Gasteiger partial charge in [-0.25, -0.2) is 4.39 Å². The van der Waals surface area contributed by atoms with Gasteiger partial charge in [-0.05, 0) is 81.3 Å². The first-order valence-electron chi connectivity index (χ1n) is 13.2. The normalized spacial score (nSPS) is 18.2. The van der Waals surface area contributed by atoms with Crippen molar-refractivity contribution in [3.63, 3.8) is 0 Å². The molecular weight excluding hydrogens is 467 g/mol. The van der Waals surface area contributed by atoms with Crippen LogP contribution in [-0.4, -0.2) is 36.8 Å². The molecule has 2 unspecified atom stereocenters. The van der Waals surface area contributed by atoms with Gasteiger partial charge in [-0.2, -0.15) is 0 Å². The molecule has 5 rings (SSSR count). The predicted octanol–water partition coefficient (Wildman–Crippen LogP) is 6.08. The summed E-state index contributed by atoms with van der Waals surface area (Å²) in [6.07, 6.45) is 2.09. The molecule has 6 heteroatoms. The van der Waals surface area contributed by atoms with Gasteiger partial charge in [0, 0.05) is 42.0 Å². The van der Waals surface area contributed by atoms with Crippen LogP contribution in [0, 0.1) is 31.5 Å². The molecule has 2 aliphatic rings. The Morgan fingerprint density at radius 2 is 1.70 bits per heavy atom. The number of nitrogens with zero attached hydrogens (tertiary/aromatic N) is 2. The number of benzene rings is 2. The third-order valence-corrected chi connectivity index (χ3v) is 7.36. The third kappa shape index (κ3) is 5.79. The highest BCUT2D eigenvalue weighted by molar-refractivity contribution is 5.87. The first kappa shape index (κ1) is 25.2. The number of halogens is 1. The molecule has 1 aromatic heterocycles. The number of piperidine rings is 1. The molecule has 194 valence electrons. The average Bonchev–Trinajstić information content (AvgIpc) is 3.46. The minimum atomic E-state index is -0.230. The van der Waals surface area contributed by atoms with E-state index in [-0.39, 0.29) is 24.3 Å². The molecule has 0 N–H and O–H groups in total. The van der Waals surface area contributed by atoms with Crippen LogP contribution in [0.1, 0.15) is 42.8 Å². The molecule has 5 nitrogen and oxygen atoms in total. The lowest BCUT2D eigenvalue weighted by molar-refractivity contribution is -0.146. The highest BCUT2D eigenvalue weighted by Gasteiger charge is 2.46. The van der Waals surface area contributed by atoms with Crippen molar-refractivity contribution >= 4 is 11.7 Å². The van der Waals surface area contributed by atoms with Gasteiger partial charge >= 0.3 is 5.97 Å². The van der Waals surface area contributed by atoms with Crippen molar-refractivity contribution in [1.29, 1.82) is 0 Å². The zero-order valence-corrected chi connectivity index (χ0v) is 22.1. The topological polar surface area (TPSA) is 51.7 Å². The molecule has 2 aromatic carbocycles. The van der Waals surface area contributed by atoms with Crippen LogP contribution in [0.25, 0.3) is 11.1 Å². The van der Waals surface area contributed by atoms with Crippen LogP contribution in [0.2, 0.25) is 0 Å². The van der Waals surface area contributed by atoms with E-state index in [2.05, 4.69) is 17.0 Å². The maximum Gasteiger partial charge on any atom is 0.310 e. The standard InChI is InChI=1S/C31H35FN2O3/c1-19(2)37-29(35)16-28-20(3)33-21(4)30(31(28)34-17-24-15-25(24)18-34)23-7-11-27(12-8-23)36-14-13-22-5-9-26(32)10-6-22/h5-12,19,24-25H,13-18H2,1-4H3. The summed E-state index contributed by atoms with van der Waals surface area (Å²) >= 11 is 0. The molecule has 37 heavy (non-hydrogen) atoms. The number of aromatic nitrogens is 1. The molecule has 2 fully saturated rings. The Labute approximate surface area is 218 Å². The van der Waals surface area contributed by atoms with Crippen molar-refractivity contribution in [1.82, 2.24) is 4.98 Å². The number of carbonyl (C=O) groups excluding carboxylic acids is 1. The minimum Gasteiger partial charge on any atom is -0.493 e. The summed E-state index contributed by atoms with van der Waals surface area (Å²) in [6.45, 7) is 10.4. The second-order valence-corrected chi connectivity index (χ2v) is 10.6. The van der Waals surface area contributed by atoms with Gasteiger partial charge in [0.1, 0.15) is 11.6 Å². The first-order chi connectivity index (χ1) is 17.8. The Morgan fingerprint density at radius 1 is 1.03 bits per heavy atom. The van der Waals surface area contributed by atoms with Crippen molar-refractivity contribution in [3.05, 3.63) is 76.9 Å². The molecule has 3 aromatic rings. The fourth-order valence-electron chi connectivity index (χ4n) is 5.46. The summed E-state index contributed by atoms with van der Waals surface area (Å²) in [4.78, 5) is 20.0. The number of ether oxygens (including phenoxy) is 2. The molecule has 0 bridgehead atoms. The van der Waals surface area contributed by atoms with Crippen LogP contribution in [0.5, 0.6) is 5.75 Å². The van der Waals surface area contributed by atoms with Gasteiger partial charge < -0.3 is 14.4 Å². The molecule has 0 spiro atoms. The van der Waals surface area contributed by atoms with E-state index in [1.54, 1.807) is 12.1 Å². The van der Waals surface area contributed by atoms with E-state index >= 15 is 0 Å². The van der Waals surface area contributed by atoms with Gasteiger partial charge in [0.25, 0.3) is 0 Å². The summed E-state index contributed by atoms with van der Waals surface area (Å²) in [5.41, 5.74) is 7.12. The summed E-state index contributed by atoms with van der Waals surface area (Å²) in [6, 6.07) is 14.6. The van der Waals surface area contributed by atoms with Gasteiger partial charge in [0.2, 0.25) is 0 Å². The highest BCUT2D eigenvalue weighted by atomic mass is 19.1. The molecule has 2 atom stereocenters. The van der Waals surface area contributed by atoms with Crippen LogP contribution in [0.15, 0.2) is 48.5 Å². The highest BCUT2D eigenvalue weighted by Crippen LogP contribution is 2.49. The van der Waals surface area contributed by atoms with Gasteiger partial charge in [0.15, 0.2) is 0 Å². The minimum absolute atomic E-state index is 0.149. The summed E-state index contributed by atoms with van der Waals surface area (Å²) in [5, 5.41) is 0. The van der Waals surface area contributed by atoms with E-state index in [1.807, 2.05) is 39.8 Å². The van der Waals surface area contributed by atoms with E-state index in [1.165, 1.54) is 18.6 Å². The molecule has 2 heterocycles. The van der Waals surface area contributed by atoms with Crippen molar-refractivity contribution in [2.45, 2.75) is 53.1 Å². The van der Waals surface area contributed by atoms with Gasteiger partial charge in [-0.15, -0.1) is 0 Å². The van der Waals surface area contributed by atoms with Gasteiger partial charge in [-0.3, -0.25) is 9.78 Å². The summed E-state index contributed by atoms with van der Waals surface area (Å²) in [5.74, 6) is 1.85. The number of aryl methyl sites for hydroxylation is 2. The smallest absolute Gasteiger partial charge is 0.310 e. The van der Waals surface area contributed by atoms with Gasteiger partial charge in [0.05, 0.1) is 24.8 Å². The van der Waals surface area contributed by atoms with Crippen molar-refractivity contribution in [3.8, 4) is 16.9 Å². The number of anilines is 1. The number of hydrogen-bond acceptors (Lipinski definition) is 5. The number of rotatable bonds is 9. The molecule has 1 aliphatic carbocycles. The lowest BCUT2D eigenvalue weighted by Gasteiger charge is -2.29. The van der Waals surface area contributed by atoms with Crippen LogP contribution in [-0.2, 0) is 22.4 Å². The Hall–Kier alpha value is -3.41. The van der Waals surface area contributed by atoms with Crippen molar-refractivity contribution in [2.75, 3.05) is 24.6 Å². The van der Waals surface area contributed by atoms with Gasteiger partial charge in [-0.1, -0.05) is 24.3 Å². The maximum atomic E-state index is 13.1. The summed E-state index contributed by atoms with van der Waals surface area (Å²) < 4.78 is 24.6. The molecule has 1 saturated carbocycles.